The Morgan fingerprint density at radius 2 is 2.35 bits per heavy atom. The monoisotopic (exact) mass is 279 g/mol. The molecule has 1 aliphatic carbocycles. The molecule has 1 heterocycles. The molecular weight excluding hydrogens is 250 g/mol. The van der Waals surface area contributed by atoms with Gasteiger partial charge in [-0.05, 0) is 32.2 Å². The predicted octanol–water partition coefficient (Wildman–Crippen LogP) is 3.06. The highest BCUT2D eigenvalue weighted by Crippen LogP contribution is 2.43. The molecule has 2 rings (SSSR count). The van der Waals surface area contributed by atoms with E-state index in [9.17, 15) is 0 Å². The van der Waals surface area contributed by atoms with Crippen LogP contribution >= 0.6 is 0 Å². The Labute approximate surface area is 122 Å². The highest BCUT2D eigenvalue weighted by atomic mass is 16.5. The zero-order chi connectivity index (χ0) is 14.6. The van der Waals surface area contributed by atoms with Crippen molar-refractivity contribution in [1.82, 2.24) is 15.1 Å². The van der Waals surface area contributed by atoms with Crippen molar-refractivity contribution in [2.45, 2.75) is 58.1 Å². The Morgan fingerprint density at radius 1 is 1.55 bits per heavy atom. The van der Waals surface area contributed by atoms with Crippen LogP contribution in [-0.2, 0) is 11.8 Å². The molecule has 1 saturated carbocycles. The number of rotatable bonds is 6. The Balaban J connectivity index is 2.31. The van der Waals surface area contributed by atoms with Crippen molar-refractivity contribution in [3.05, 3.63) is 18.0 Å². The van der Waals surface area contributed by atoms with Crippen molar-refractivity contribution < 1.29 is 4.74 Å². The largest absolute Gasteiger partial charge is 0.373 e. The molecule has 3 unspecified atom stereocenters. The average molecular weight is 279 g/mol. The predicted molar refractivity (Wildman–Crippen MR) is 81.6 cm³/mol. The maximum atomic E-state index is 6.32. The van der Waals surface area contributed by atoms with Gasteiger partial charge in [0.05, 0.1) is 17.8 Å². The van der Waals surface area contributed by atoms with Crippen molar-refractivity contribution in [2.75, 3.05) is 13.2 Å². The molecule has 3 atom stereocenters. The minimum atomic E-state index is -0.0779. The van der Waals surface area contributed by atoms with Gasteiger partial charge in [-0.3, -0.25) is 4.68 Å². The smallest absolute Gasteiger partial charge is 0.0879 e. The lowest BCUT2D eigenvalue weighted by Gasteiger charge is -2.45. The minimum Gasteiger partial charge on any atom is -0.373 e. The summed E-state index contributed by atoms with van der Waals surface area (Å²) in [6.45, 7) is 8.33. The molecule has 114 valence electrons. The molecule has 1 aromatic rings. The molecule has 1 fully saturated rings. The van der Waals surface area contributed by atoms with Gasteiger partial charge in [-0.25, -0.2) is 0 Å². The van der Waals surface area contributed by atoms with Gasteiger partial charge in [0.1, 0.15) is 0 Å². The van der Waals surface area contributed by atoms with E-state index < -0.39 is 0 Å². The average Bonchev–Trinajstić information content (AvgIpc) is 2.82. The van der Waals surface area contributed by atoms with Crippen molar-refractivity contribution in [2.24, 2.45) is 13.0 Å². The lowest BCUT2D eigenvalue weighted by Crippen LogP contribution is -2.49. The fraction of sp³-hybridized carbons (Fsp3) is 0.812. The molecular formula is C16H29N3O. The second-order valence-corrected chi connectivity index (χ2v) is 6.14. The molecule has 0 bridgehead atoms. The number of hydrogen-bond donors (Lipinski definition) is 1. The van der Waals surface area contributed by atoms with E-state index in [1.165, 1.54) is 18.4 Å². The van der Waals surface area contributed by atoms with Crippen LogP contribution in [0.15, 0.2) is 12.4 Å². The summed E-state index contributed by atoms with van der Waals surface area (Å²) in [6.07, 6.45) is 8.94. The Hall–Kier alpha value is -0.870. The van der Waals surface area contributed by atoms with Gasteiger partial charge >= 0.3 is 0 Å². The van der Waals surface area contributed by atoms with Crippen LogP contribution in [0.3, 0.4) is 0 Å². The fourth-order valence-corrected chi connectivity index (χ4v) is 3.71. The number of nitrogens with zero attached hydrogens (tertiary/aromatic N) is 2. The van der Waals surface area contributed by atoms with Gasteiger partial charge in [-0.15, -0.1) is 0 Å². The molecule has 0 radical (unpaired) electrons. The van der Waals surface area contributed by atoms with E-state index in [2.05, 4.69) is 37.4 Å². The third kappa shape index (κ3) is 3.23. The fourth-order valence-electron chi connectivity index (χ4n) is 3.71. The highest BCUT2D eigenvalue weighted by Gasteiger charge is 2.43. The van der Waals surface area contributed by atoms with Crippen LogP contribution in [0.2, 0.25) is 0 Å². The molecule has 4 heteroatoms. The van der Waals surface area contributed by atoms with E-state index in [-0.39, 0.29) is 11.6 Å². The summed E-state index contributed by atoms with van der Waals surface area (Å²) in [5.41, 5.74) is 1.17. The molecule has 1 aliphatic rings. The molecule has 0 aliphatic heterocycles. The second-order valence-electron chi connectivity index (χ2n) is 6.14. The molecule has 0 saturated heterocycles. The number of aryl methyl sites for hydroxylation is 1. The summed E-state index contributed by atoms with van der Waals surface area (Å²) in [4.78, 5) is 0. The molecule has 20 heavy (non-hydrogen) atoms. The topological polar surface area (TPSA) is 39.1 Å². The van der Waals surface area contributed by atoms with Crippen LogP contribution in [0.1, 0.15) is 58.1 Å². The van der Waals surface area contributed by atoms with Crippen LogP contribution in [0.25, 0.3) is 0 Å². The zero-order valence-electron chi connectivity index (χ0n) is 13.4. The number of ether oxygens (including phenoxy) is 1. The first-order valence-electron chi connectivity index (χ1n) is 7.97. The molecule has 0 aromatic carbocycles. The zero-order valence-corrected chi connectivity index (χ0v) is 13.4. The van der Waals surface area contributed by atoms with Crippen LogP contribution in [0.4, 0.5) is 0 Å². The Bertz CT molecular complexity index is 414. The van der Waals surface area contributed by atoms with Gasteiger partial charge in [0.15, 0.2) is 0 Å². The maximum Gasteiger partial charge on any atom is 0.0879 e. The normalized spacial score (nSPS) is 28.5. The Morgan fingerprint density at radius 3 is 2.90 bits per heavy atom. The third-order valence-corrected chi connectivity index (χ3v) is 4.42. The minimum absolute atomic E-state index is 0.0779. The SMILES string of the molecule is CCNC(c1cnn(C)c1)C1(OCC)CCCC(C)C1. The lowest BCUT2D eigenvalue weighted by atomic mass is 9.73. The first-order chi connectivity index (χ1) is 9.61. The van der Waals surface area contributed by atoms with Gasteiger partial charge < -0.3 is 10.1 Å². The van der Waals surface area contributed by atoms with Gasteiger partial charge in [-0.2, -0.15) is 5.10 Å². The third-order valence-electron chi connectivity index (χ3n) is 4.42. The highest BCUT2D eigenvalue weighted by molar-refractivity contribution is 5.17. The van der Waals surface area contributed by atoms with Crippen molar-refractivity contribution in [3.63, 3.8) is 0 Å². The number of nitrogens with one attached hydrogen (secondary N) is 1. The number of aromatic nitrogens is 2. The van der Waals surface area contributed by atoms with E-state index in [4.69, 9.17) is 4.74 Å². The van der Waals surface area contributed by atoms with Crippen molar-refractivity contribution >= 4 is 0 Å². The molecule has 0 amide bonds. The maximum absolute atomic E-state index is 6.32. The summed E-state index contributed by atoms with van der Waals surface area (Å²) in [6, 6.07) is 0.240. The second kappa shape index (κ2) is 6.72. The van der Waals surface area contributed by atoms with Gasteiger partial charge in [-0.1, -0.05) is 26.7 Å². The van der Waals surface area contributed by atoms with E-state index in [1.807, 2.05) is 17.9 Å². The summed E-state index contributed by atoms with van der Waals surface area (Å²) in [5, 5.41) is 8.00. The standard InChI is InChI=1S/C16H29N3O/c1-5-17-15(14-11-18-19(4)12-14)16(20-6-2)9-7-8-13(3)10-16/h11-13,15,17H,5-10H2,1-4H3. The van der Waals surface area contributed by atoms with E-state index in [1.54, 1.807) is 0 Å². The van der Waals surface area contributed by atoms with Crippen molar-refractivity contribution in [3.8, 4) is 0 Å². The molecule has 1 aromatic heterocycles. The van der Waals surface area contributed by atoms with Gasteiger partial charge in [0.2, 0.25) is 0 Å². The number of hydrogen-bond acceptors (Lipinski definition) is 3. The Kier molecular flexibility index (Phi) is 5.22. The van der Waals surface area contributed by atoms with Gasteiger partial charge in [0, 0.05) is 25.4 Å². The van der Waals surface area contributed by atoms with Crippen LogP contribution < -0.4 is 5.32 Å². The van der Waals surface area contributed by atoms with E-state index in [0.717, 1.165) is 31.9 Å². The lowest BCUT2D eigenvalue weighted by molar-refractivity contribution is -0.101. The summed E-state index contributed by atoms with van der Waals surface area (Å²) >= 11 is 0. The van der Waals surface area contributed by atoms with Crippen molar-refractivity contribution in [1.29, 1.82) is 0 Å². The summed E-state index contributed by atoms with van der Waals surface area (Å²) in [5.74, 6) is 0.730. The molecule has 1 N–H and O–H groups in total. The quantitative estimate of drug-likeness (QED) is 0.870. The van der Waals surface area contributed by atoms with E-state index >= 15 is 0 Å². The summed E-state index contributed by atoms with van der Waals surface area (Å²) in [7, 11) is 1.98. The first kappa shape index (κ1) is 15.5. The van der Waals surface area contributed by atoms with Crippen LogP contribution in [-0.4, -0.2) is 28.5 Å². The first-order valence-corrected chi connectivity index (χ1v) is 7.97. The summed E-state index contributed by atoms with van der Waals surface area (Å²) < 4.78 is 8.20. The van der Waals surface area contributed by atoms with Crippen LogP contribution in [0.5, 0.6) is 0 Å². The number of likely N-dealkylation sites (N-methyl/N-ethyl adjacent to an activating group) is 1. The molecule has 4 nitrogen and oxygen atoms in total. The van der Waals surface area contributed by atoms with Crippen LogP contribution in [0, 0.1) is 5.92 Å². The van der Waals surface area contributed by atoms with Gasteiger partial charge in [0.25, 0.3) is 0 Å². The molecule has 0 spiro atoms. The van der Waals surface area contributed by atoms with E-state index in [0.29, 0.717) is 0 Å².